The maximum absolute atomic E-state index is 12.1. The zero-order valence-corrected chi connectivity index (χ0v) is 14.1. The zero-order chi connectivity index (χ0) is 16.1. The van der Waals surface area contributed by atoms with E-state index in [4.69, 9.17) is 11.6 Å². The van der Waals surface area contributed by atoms with Gasteiger partial charge in [-0.1, -0.05) is 41.5 Å². The van der Waals surface area contributed by atoms with Crippen LogP contribution in [0.2, 0.25) is 5.02 Å². The topological polar surface area (TPSA) is 32.3 Å². The number of hydrogen-bond donors (Lipinski definition) is 1. The van der Waals surface area contributed by atoms with E-state index in [1.54, 1.807) is 24.3 Å². The van der Waals surface area contributed by atoms with Crippen molar-refractivity contribution in [2.45, 2.75) is 31.7 Å². The predicted octanol–water partition coefficient (Wildman–Crippen LogP) is 3.81. The van der Waals surface area contributed by atoms with Gasteiger partial charge in [-0.3, -0.25) is 9.69 Å². The van der Waals surface area contributed by atoms with Crippen LogP contribution >= 0.6 is 11.6 Å². The number of benzene rings is 1. The fourth-order valence-corrected chi connectivity index (χ4v) is 3.40. The Labute approximate surface area is 143 Å². The highest BCUT2D eigenvalue weighted by Crippen LogP contribution is 2.20. The highest BCUT2D eigenvalue weighted by Gasteiger charge is 2.20. The first-order valence-corrected chi connectivity index (χ1v) is 8.72. The summed E-state index contributed by atoms with van der Waals surface area (Å²) in [5.74, 6) is -0.0638. The van der Waals surface area contributed by atoms with Gasteiger partial charge in [0.1, 0.15) is 0 Å². The van der Waals surface area contributed by atoms with Crippen LogP contribution in [0.15, 0.2) is 48.1 Å². The van der Waals surface area contributed by atoms with Gasteiger partial charge in [0.05, 0.1) is 0 Å². The van der Waals surface area contributed by atoms with Gasteiger partial charge in [-0.15, -0.1) is 0 Å². The lowest BCUT2D eigenvalue weighted by Gasteiger charge is -2.33. The summed E-state index contributed by atoms with van der Waals surface area (Å²) >= 11 is 5.93. The van der Waals surface area contributed by atoms with Crippen molar-refractivity contribution >= 4 is 17.5 Å². The number of halogens is 1. The number of nitrogens with one attached hydrogen (secondary N) is 1. The molecule has 1 aromatic rings. The highest BCUT2D eigenvalue weighted by atomic mass is 35.5. The second kappa shape index (κ2) is 7.80. The summed E-state index contributed by atoms with van der Waals surface area (Å²) in [6.07, 6.45) is 11.7. The first-order valence-electron chi connectivity index (χ1n) is 8.35. The van der Waals surface area contributed by atoms with Crippen LogP contribution in [-0.2, 0) is 0 Å². The fourth-order valence-electron chi connectivity index (χ4n) is 3.21. The third-order valence-electron chi connectivity index (χ3n) is 4.60. The standard InChI is InChI=1S/C19H23ClN2O/c20-17-6-4-5-16(13-17)19(23)21-14-15-9-11-22(12-10-15)18-7-2-1-3-8-18/h2,4-7,9,13,18H,1,3,8,10-12,14H2,(H,21,23)/t18-/m1/s1. The number of carbonyl (C=O) groups excluding carboxylic acids is 1. The summed E-state index contributed by atoms with van der Waals surface area (Å²) in [6, 6.07) is 7.66. The molecule has 0 aromatic heterocycles. The normalized spacial score (nSPS) is 21.8. The minimum Gasteiger partial charge on any atom is -0.348 e. The first-order chi connectivity index (χ1) is 11.2. The number of nitrogens with zero attached hydrogens (tertiary/aromatic N) is 1. The van der Waals surface area contributed by atoms with Crippen LogP contribution in [0.1, 0.15) is 36.0 Å². The van der Waals surface area contributed by atoms with Gasteiger partial charge in [0.25, 0.3) is 5.91 Å². The SMILES string of the molecule is O=C(NCC1=CCN([C@@H]2C=CCCC2)CC1)c1cccc(Cl)c1. The van der Waals surface area contributed by atoms with Gasteiger partial charge in [-0.05, 0) is 43.9 Å². The lowest BCUT2D eigenvalue weighted by atomic mass is 9.99. The van der Waals surface area contributed by atoms with Gasteiger partial charge in [-0.25, -0.2) is 0 Å². The van der Waals surface area contributed by atoms with Gasteiger partial charge in [0, 0.05) is 36.3 Å². The van der Waals surface area contributed by atoms with Crippen LogP contribution in [0.4, 0.5) is 0 Å². The molecule has 1 atom stereocenters. The van der Waals surface area contributed by atoms with E-state index in [1.165, 1.54) is 24.8 Å². The van der Waals surface area contributed by atoms with Crippen molar-refractivity contribution in [3.8, 4) is 0 Å². The van der Waals surface area contributed by atoms with E-state index in [0.717, 1.165) is 19.5 Å². The molecule has 4 heteroatoms. The molecule has 0 fully saturated rings. The van der Waals surface area contributed by atoms with E-state index in [2.05, 4.69) is 28.4 Å². The second-order valence-corrected chi connectivity index (χ2v) is 6.66. The Morgan fingerprint density at radius 3 is 3.00 bits per heavy atom. The minimum atomic E-state index is -0.0638. The van der Waals surface area contributed by atoms with E-state index < -0.39 is 0 Å². The predicted molar refractivity (Wildman–Crippen MR) is 94.8 cm³/mol. The van der Waals surface area contributed by atoms with Crippen molar-refractivity contribution in [1.29, 1.82) is 0 Å². The Bertz CT molecular complexity index is 624. The number of carbonyl (C=O) groups is 1. The molecule has 122 valence electrons. The summed E-state index contributed by atoms with van der Waals surface area (Å²) in [5.41, 5.74) is 1.93. The van der Waals surface area contributed by atoms with Crippen molar-refractivity contribution in [2.24, 2.45) is 0 Å². The highest BCUT2D eigenvalue weighted by molar-refractivity contribution is 6.30. The van der Waals surface area contributed by atoms with Gasteiger partial charge in [0.2, 0.25) is 0 Å². The van der Waals surface area contributed by atoms with Gasteiger partial charge >= 0.3 is 0 Å². The molecular formula is C19H23ClN2O. The third kappa shape index (κ3) is 4.46. The molecule has 0 bridgehead atoms. The molecule has 1 aliphatic heterocycles. The molecule has 23 heavy (non-hydrogen) atoms. The van der Waals surface area contributed by atoms with E-state index in [1.807, 2.05) is 0 Å². The molecule has 0 radical (unpaired) electrons. The average molecular weight is 331 g/mol. The molecule has 1 aromatic carbocycles. The van der Waals surface area contributed by atoms with E-state index >= 15 is 0 Å². The van der Waals surface area contributed by atoms with Crippen molar-refractivity contribution in [3.05, 3.63) is 58.7 Å². The molecule has 1 amide bonds. The molecule has 2 aliphatic rings. The van der Waals surface area contributed by atoms with Crippen LogP contribution in [0.25, 0.3) is 0 Å². The largest absolute Gasteiger partial charge is 0.348 e. The quantitative estimate of drug-likeness (QED) is 0.851. The summed E-state index contributed by atoms with van der Waals surface area (Å²) in [5, 5.41) is 3.58. The molecule has 0 saturated heterocycles. The lowest BCUT2D eigenvalue weighted by molar-refractivity contribution is 0.0956. The summed E-state index contributed by atoms with van der Waals surface area (Å²) in [6.45, 7) is 2.69. The number of amides is 1. The minimum absolute atomic E-state index is 0.0638. The lowest BCUT2D eigenvalue weighted by Crippen LogP contribution is -2.39. The molecule has 1 aliphatic carbocycles. The van der Waals surface area contributed by atoms with E-state index in [0.29, 0.717) is 23.2 Å². The molecular weight excluding hydrogens is 308 g/mol. The molecule has 3 nitrogen and oxygen atoms in total. The van der Waals surface area contributed by atoms with E-state index in [9.17, 15) is 4.79 Å². The number of allylic oxidation sites excluding steroid dienone is 1. The fraction of sp³-hybridized carbons (Fsp3) is 0.421. The molecule has 3 rings (SSSR count). The molecule has 0 unspecified atom stereocenters. The van der Waals surface area contributed by atoms with Crippen molar-refractivity contribution in [1.82, 2.24) is 10.2 Å². The van der Waals surface area contributed by atoms with E-state index in [-0.39, 0.29) is 5.91 Å². The van der Waals surface area contributed by atoms with Gasteiger partial charge in [-0.2, -0.15) is 0 Å². The van der Waals surface area contributed by atoms with Crippen molar-refractivity contribution in [3.63, 3.8) is 0 Å². The molecule has 0 saturated carbocycles. The van der Waals surface area contributed by atoms with Crippen LogP contribution in [-0.4, -0.2) is 36.5 Å². The Hall–Kier alpha value is -1.58. The zero-order valence-electron chi connectivity index (χ0n) is 13.3. The second-order valence-electron chi connectivity index (χ2n) is 6.23. The Kier molecular flexibility index (Phi) is 5.52. The van der Waals surface area contributed by atoms with Gasteiger partial charge < -0.3 is 5.32 Å². The number of rotatable bonds is 4. The van der Waals surface area contributed by atoms with Crippen LogP contribution < -0.4 is 5.32 Å². The maximum atomic E-state index is 12.1. The summed E-state index contributed by atoms with van der Waals surface area (Å²) < 4.78 is 0. The number of hydrogen-bond acceptors (Lipinski definition) is 2. The molecule has 1 N–H and O–H groups in total. The van der Waals surface area contributed by atoms with Gasteiger partial charge in [0.15, 0.2) is 0 Å². The average Bonchev–Trinajstić information content (AvgIpc) is 2.61. The van der Waals surface area contributed by atoms with Crippen LogP contribution in [0, 0.1) is 0 Å². The first kappa shape index (κ1) is 16.3. The Morgan fingerprint density at radius 2 is 2.30 bits per heavy atom. The Morgan fingerprint density at radius 1 is 1.39 bits per heavy atom. The Balaban J connectivity index is 1.49. The monoisotopic (exact) mass is 330 g/mol. The van der Waals surface area contributed by atoms with Crippen LogP contribution in [0.3, 0.4) is 0 Å². The van der Waals surface area contributed by atoms with Crippen molar-refractivity contribution < 1.29 is 4.79 Å². The van der Waals surface area contributed by atoms with Crippen LogP contribution in [0.5, 0.6) is 0 Å². The summed E-state index contributed by atoms with van der Waals surface area (Å²) in [4.78, 5) is 14.7. The maximum Gasteiger partial charge on any atom is 0.251 e. The van der Waals surface area contributed by atoms with Crippen molar-refractivity contribution in [2.75, 3.05) is 19.6 Å². The molecule has 1 heterocycles. The summed E-state index contributed by atoms with van der Waals surface area (Å²) in [7, 11) is 0. The molecule has 0 spiro atoms. The smallest absolute Gasteiger partial charge is 0.251 e. The third-order valence-corrected chi connectivity index (χ3v) is 4.83.